The van der Waals surface area contributed by atoms with Crippen molar-refractivity contribution >= 4 is 17.4 Å². The maximum Gasteiger partial charge on any atom is 0.219 e. The Labute approximate surface area is 133 Å². The Hall–Kier alpha value is -2.44. The van der Waals surface area contributed by atoms with Gasteiger partial charge < -0.3 is 9.80 Å². The molecule has 4 rings (SSSR count). The number of nitrogens with one attached hydrogen (secondary N) is 1. The number of hydrogen-bond donors (Lipinski definition) is 1. The first-order chi connectivity index (χ1) is 11.1. The van der Waals surface area contributed by atoms with E-state index in [-0.39, 0.29) is 11.7 Å². The Kier molecular flexibility index (Phi) is 3.28. The molecular formula is C16H18FN5O. The fraction of sp³-hybridized carbons (Fsp3) is 0.438. The summed E-state index contributed by atoms with van der Waals surface area (Å²) in [5.41, 5.74) is 3.77. The largest absolute Gasteiger partial charge is 0.338 e. The quantitative estimate of drug-likeness (QED) is 0.873. The van der Waals surface area contributed by atoms with Crippen LogP contribution in [-0.2, 0) is 24.2 Å². The predicted octanol–water partition coefficient (Wildman–Crippen LogP) is 1.93. The molecule has 0 aliphatic carbocycles. The average molecular weight is 315 g/mol. The van der Waals surface area contributed by atoms with Gasteiger partial charge in [-0.3, -0.25) is 14.9 Å². The molecule has 23 heavy (non-hydrogen) atoms. The number of anilines is 2. The van der Waals surface area contributed by atoms with Crippen LogP contribution in [0.25, 0.3) is 0 Å². The van der Waals surface area contributed by atoms with E-state index in [0.29, 0.717) is 13.1 Å². The maximum absolute atomic E-state index is 13.6. The van der Waals surface area contributed by atoms with Crippen LogP contribution < -0.4 is 4.90 Å². The molecule has 7 heteroatoms. The second kappa shape index (κ2) is 5.33. The molecule has 2 aromatic rings. The van der Waals surface area contributed by atoms with Crippen LogP contribution in [0.4, 0.5) is 15.9 Å². The Balaban J connectivity index is 1.75. The highest BCUT2D eigenvalue weighted by Gasteiger charge is 2.29. The van der Waals surface area contributed by atoms with E-state index in [2.05, 4.69) is 15.2 Å². The van der Waals surface area contributed by atoms with Crippen molar-refractivity contribution in [2.45, 2.75) is 32.7 Å². The third-order valence-electron chi connectivity index (χ3n) is 4.61. The number of amides is 1. The van der Waals surface area contributed by atoms with Gasteiger partial charge >= 0.3 is 0 Å². The SMILES string of the molecule is CC(=O)N1CCc2[nH]nc(N3CCCc4ncc(F)cc43)c2C1. The summed E-state index contributed by atoms with van der Waals surface area (Å²) in [7, 11) is 0. The molecule has 2 aromatic heterocycles. The number of H-pyrrole nitrogens is 1. The molecule has 1 N–H and O–H groups in total. The minimum Gasteiger partial charge on any atom is -0.338 e. The molecule has 4 heterocycles. The van der Waals surface area contributed by atoms with Gasteiger partial charge in [-0.05, 0) is 12.8 Å². The summed E-state index contributed by atoms with van der Waals surface area (Å²) in [6.45, 7) is 3.61. The minimum atomic E-state index is -0.342. The number of carbonyl (C=O) groups is 1. The molecule has 0 atom stereocenters. The molecule has 0 spiro atoms. The van der Waals surface area contributed by atoms with Gasteiger partial charge in [-0.25, -0.2) is 4.39 Å². The van der Waals surface area contributed by atoms with Crippen molar-refractivity contribution in [3.8, 4) is 0 Å². The predicted molar refractivity (Wildman–Crippen MR) is 82.9 cm³/mol. The third-order valence-corrected chi connectivity index (χ3v) is 4.61. The normalized spacial score (nSPS) is 17.0. The van der Waals surface area contributed by atoms with Gasteiger partial charge in [-0.2, -0.15) is 5.10 Å². The third kappa shape index (κ3) is 2.36. The molecule has 6 nitrogen and oxygen atoms in total. The van der Waals surface area contributed by atoms with Crippen LogP contribution in [0.15, 0.2) is 12.3 Å². The number of aromatic amines is 1. The Morgan fingerprint density at radius 1 is 1.35 bits per heavy atom. The van der Waals surface area contributed by atoms with Crippen molar-refractivity contribution in [3.63, 3.8) is 0 Å². The highest BCUT2D eigenvalue weighted by molar-refractivity contribution is 5.74. The number of carbonyl (C=O) groups excluding carboxylic acids is 1. The van der Waals surface area contributed by atoms with Gasteiger partial charge in [0.15, 0.2) is 5.82 Å². The molecule has 0 bridgehead atoms. The lowest BCUT2D eigenvalue weighted by Crippen LogP contribution is -2.35. The van der Waals surface area contributed by atoms with Gasteiger partial charge in [0.05, 0.1) is 24.1 Å². The lowest BCUT2D eigenvalue weighted by molar-refractivity contribution is -0.129. The van der Waals surface area contributed by atoms with Gasteiger partial charge in [0, 0.05) is 43.8 Å². The van der Waals surface area contributed by atoms with Crippen molar-refractivity contribution < 1.29 is 9.18 Å². The standard InChI is InChI=1S/C16H18FN5O/c1-10(23)21-6-4-13-12(9-21)16(20-19-13)22-5-2-3-14-15(22)7-11(17)8-18-14/h7-8H,2-6,9H2,1H3,(H,19,20). The number of halogens is 1. The van der Waals surface area contributed by atoms with E-state index in [4.69, 9.17) is 0 Å². The van der Waals surface area contributed by atoms with Gasteiger partial charge in [-0.1, -0.05) is 0 Å². The molecule has 0 aromatic carbocycles. The van der Waals surface area contributed by atoms with Gasteiger partial charge in [-0.15, -0.1) is 0 Å². The van der Waals surface area contributed by atoms with E-state index in [0.717, 1.165) is 54.3 Å². The van der Waals surface area contributed by atoms with Crippen molar-refractivity contribution in [1.29, 1.82) is 0 Å². The zero-order valence-electron chi connectivity index (χ0n) is 13.0. The number of aryl methyl sites for hydroxylation is 1. The van der Waals surface area contributed by atoms with Crippen LogP contribution in [0.1, 0.15) is 30.3 Å². The molecule has 120 valence electrons. The molecule has 0 fully saturated rings. The summed E-state index contributed by atoms with van der Waals surface area (Å²) in [4.78, 5) is 19.7. The first-order valence-corrected chi connectivity index (χ1v) is 7.87. The van der Waals surface area contributed by atoms with Gasteiger partial charge in [0.2, 0.25) is 5.91 Å². The monoisotopic (exact) mass is 315 g/mol. The smallest absolute Gasteiger partial charge is 0.219 e. The molecule has 1 amide bonds. The number of rotatable bonds is 1. The average Bonchev–Trinajstić information content (AvgIpc) is 2.97. The lowest BCUT2D eigenvalue weighted by Gasteiger charge is -2.32. The number of pyridine rings is 1. The van der Waals surface area contributed by atoms with Crippen LogP contribution in [-0.4, -0.2) is 39.1 Å². The first-order valence-electron chi connectivity index (χ1n) is 7.87. The molecule has 0 saturated heterocycles. The maximum atomic E-state index is 13.6. The zero-order valence-corrected chi connectivity index (χ0v) is 13.0. The van der Waals surface area contributed by atoms with E-state index in [1.165, 1.54) is 12.3 Å². The molecule has 0 radical (unpaired) electrons. The molecule has 2 aliphatic heterocycles. The minimum absolute atomic E-state index is 0.0644. The molecule has 0 saturated carbocycles. The molecule has 2 aliphatic rings. The number of hydrogen-bond acceptors (Lipinski definition) is 4. The second-order valence-electron chi connectivity index (χ2n) is 6.07. The van der Waals surface area contributed by atoms with Crippen molar-refractivity contribution in [2.75, 3.05) is 18.0 Å². The summed E-state index contributed by atoms with van der Waals surface area (Å²) >= 11 is 0. The summed E-state index contributed by atoms with van der Waals surface area (Å²) < 4.78 is 13.6. The number of aromatic nitrogens is 3. The van der Waals surface area contributed by atoms with Crippen LogP contribution in [0, 0.1) is 5.82 Å². The lowest BCUT2D eigenvalue weighted by atomic mass is 10.0. The Bertz CT molecular complexity index is 772. The van der Waals surface area contributed by atoms with Crippen molar-refractivity contribution in [1.82, 2.24) is 20.1 Å². The molecular weight excluding hydrogens is 297 g/mol. The fourth-order valence-corrected chi connectivity index (χ4v) is 3.40. The van der Waals surface area contributed by atoms with Gasteiger partial charge in [0.25, 0.3) is 0 Å². The van der Waals surface area contributed by atoms with E-state index < -0.39 is 0 Å². The highest BCUT2D eigenvalue weighted by atomic mass is 19.1. The summed E-state index contributed by atoms with van der Waals surface area (Å²) in [5.74, 6) is 0.513. The summed E-state index contributed by atoms with van der Waals surface area (Å²) in [5, 5.41) is 7.54. The van der Waals surface area contributed by atoms with Crippen LogP contribution in [0.5, 0.6) is 0 Å². The van der Waals surface area contributed by atoms with E-state index in [1.54, 1.807) is 6.92 Å². The number of nitrogens with zero attached hydrogens (tertiary/aromatic N) is 4. The highest BCUT2D eigenvalue weighted by Crippen LogP contribution is 2.36. The Morgan fingerprint density at radius 3 is 3.04 bits per heavy atom. The fourth-order valence-electron chi connectivity index (χ4n) is 3.40. The number of fused-ring (bicyclic) bond motifs is 2. The van der Waals surface area contributed by atoms with E-state index >= 15 is 0 Å². The molecule has 0 unspecified atom stereocenters. The van der Waals surface area contributed by atoms with Crippen LogP contribution >= 0.6 is 0 Å². The van der Waals surface area contributed by atoms with Crippen LogP contribution in [0.3, 0.4) is 0 Å². The van der Waals surface area contributed by atoms with Gasteiger partial charge in [0.1, 0.15) is 5.82 Å². The Morgan fingerprint density at radius 2 is 2.22 bits per heavy atom. The van der Waals surface area contributed by atoms with E-state index in [9.17, 15) is 9.18 Å². The van der Waals surface area contributed by atoms with Crippen molar-refractivity contribution in [2.24, 2.45) is 0 Å². The second-order valence-corrected chi connectivity index (χ2v) is 6.07. The van der Waals surface area contributed by atoms with Crippen molar-refractivity contribution in [3.05, 3.63) is 35.0 Å². The van der Waals surface area contributed by atoms with Crippen LogP contribution in [0.2, 0.25) is 0 Å². The summed E-state index contributed by atoms with van der Waals surface area (Å²) in [6, 6.07) is 1.52. The van der Waals surface area contributed by atoms with E-state index in [1.807, 2.05) is 9.80 Å². The topological polar surface area (TPSA) is 65.1 Å². The zero-order chi connectivity index (χ0) is 16.0. The first kappa shape index (κ1) is 14.2. The summed E-state index contributed by atoms with van der Waals surface area (Å²) in [6.07, 6.45) is 3.83.